The highest BCUT2D eigenvalue weighted by Gasteiger charge is 2.26. The van der Waals surface area contributed by atoms with Gasteiger partial charge in [-0.3, -0.25) is 0 Å². The number of aliphatic hydroxyl groups is 3. The van der Waals surface area contributed by atoms with Gasteiger partial charge in [-0.05, 0) is 24.1 Å². The molecule has 4 N–H and O–H groups in total. The molecule has 170 valence electrons. The first-order valence-corrected chi connectivity index (χ1v) is 11.0. The van der Waals surface area contributed by atoms with Gasteiger partial charge in [0.15, 0.2) is 0 Å². The number of unbranched alkanes of at least 4 members (excludes halogenated alkanes) is 9. The molecule has 0 amide bonds. The first-order chi connectivity index (χ1) is 13.7. The van der Waals surface area contributed by atoms with Gasteiger partial charge < -0.3 is 25.4 Å². The number of rotatable bonds is 18. The van der Waals surface area contributed by atoms with E-state index in [1.165, 1.54) is 57.8 Å². The van der Waals surface area contributed by atoms with Gasteiger partial charge in [0.05, 0.1) is 32.0 Å². The Labute approximate surface area is 183 Å². The zero-order valence-electron chi connectivity index (χ0n) is 18.1. The first kappa shape index (κ1) is 28.1. The van der Waals surface area contributed by atoms with Crippen molar-refractivity contribution >= 4 is 12.4 Å². The summed E-state index contributed by atoms with van der Waals surface area (Å²) >= 11 is 0. The maximum atomic E-state index is 9.33. The van der Waals surface area contributed by atoms with Crippen LogP contribution in [0.3, 0.4) is 0 Å². The Bertz CT molecular complexity index is 472. The maximum absolute atomic E-state index is 9.33. The molecule has 0 aliphatic heterocycles. The topological polar surface area (TPSA) is 82.0 Å². The second kappa shape index (κ2) is 18.0. The quantitative estimate of drug-likeness (QED) is 0.262. The summed E-state index contributed by atoms with van der Waals surface area (Å²) in [4.78, 5) is 0. The van der Waals surface area contributed by atoms with E-state index >= 15 is 0 Å². The Morgan fingerprint density at radius 3 is 1.72 bits per heavy atom. The number of hydrogen-bond donors (Lipinski definition) is 4. The van der Waals surface area contributed by atoms with Crippen molar-refractivity contribution in [3.05, 3.63) is 29.8 Å². The molecule has 0 saturated carbocycles. The highest BCUT2D eigenvalue weighted by Crippen LogP contribution is 2.15. The summed E-state index contributed by atoms with van der Waals surface area (Å²) in [6.45, 7) is 2.50. The monoisotopic (exact) mass is 431 g/mol. The number of ether oxygens (including phenoxy) is 1. The molecular formula is C23H42ClNO4. The molecule has 0 aromatic heterocycles. The minimum Gasteiger partial charge on any atom is -0.494 e. The van der Waals surface area contributed by atoms with Crippen LogP contribution in [0, 0.1) is 0 Å². The highest BCUT2D eigenvalue weighted by atomic mass is 35.5. The molecule has 0 aliphatic carbocycles. The minimum absolute atomic E-state index is 0. The maximum Gasteiger partial charge on any atom is 0.119 e. The summed E-state index contributed by atoms with van der Waals surface area (Å²) in [6, 6.07) is 7.78. The van der Waals surface area contributed by atoms with Crippen LogP contribution in [-0.4, -0.2) is 47.3 Å². The number of hydrogen-bond acceptors (Lipinski definition) is 5. The molecule has 5 nitrogen and oxygen atoms in total. The number of halogens is 1. The lowest BCUT2D eigenvalue weighted by molar-refractivity contribution is 0.0414. The minimum atomic E-state index is -1.05. The molecule has 1 aromatic rings. The van der Waals surface area contributed by atoms with Crippen molar-refractivity contribution in [2.75, 3.05) is 26.4 Å². The Kier molecular flexibility index (Phi) is 17.4. The molecule has 1 rings (SSSR count). The third kappa shape index (κ3) is 12.4. The van der Waals surface area contributed by atoms with Crippen molar-refractivity contribution < 1.29 is 20.1 Å². The van der Waals surface area contributed by atoms with Gasteiger partial charge in [0.25, 0.3) is 0 Å². The molecule has 0 atom stereocenters. The third-order valence-electron chi connectivity index (χ3n) is 5.27. The Morgan fingerprint density at radius 2 is 1.24 bits per heavy atom. The van der Waals surface area contributed by atoms with E-state index in [1.54, 1.807) is 0 Å². The average Bonchev–Trinajstić information content (AvgIpc) is 2.74. The zero-order chi connectivity index (χ0) is 20.5. The largest absolute Gasteiger partial charge is 0.494 e. The Morgan fingerprint density at radius 1 is 0.759 bits per heavy atom. The second-order valence-electron chi connectivity index (χ2n) is 7.78. The lowest BCUT2D eigenvalue weighted by atomic mass is 10.0. The fourth-order valence-electron chi connectivity index (χ4n) is 3.09. The smallest absolute Gasteiger partial charge is 0.119 e. The highest BCUT2D eigenvalue weighted by molar-refractivity contribution is 5.85. The van der Waals surface area contributed by atoms with E-state index in [4.69, 9.17) is 4.74 Å². The first-order valence-electron chi connectivity index (χ1n) is 11.0. The van der Waals surface area contributed by atoms with Gasteiger partial charge in [0.1, 0.15) is 5.75 Å². The summed E-state index contributed by atoms with van der Waals surface area (Å²) in [5.74, 6) is 0.859. The Balaban J connectivity index is 0.00000784. The molecule has 1 aromatic carbocycles. The van der Waals surface area contributed by atoms with Crippen LogP contribution < -0.4 is 10.1 Å². The van der Waals surface area contributed by atoms with Gasteiger partial charge in [0, 0.05) is 6.54 Å². The van der Waals surface area contributed by atoms with Crippen LogP contribution in [0.4, 0.5) is 0 Å². The average molecular weight is 432 g/mol. The molecule has 0 aliphatic rings. The summed E-state index contributed by atoms with van der Waals surface area (Å²) in [5, 5.41) is 31.0. The molecule has 0 heterocycles. The van der Waals surface area contributed by atoms with Gasteiger partial charge in [-0.25, -0.2) is 0 Å². The van der Waals surface area contributed by atoms with Crippen molar-refractivity contribution in [2.45, 2.75) is 83.2 Å². The predicted molar refractivity (Wildman–Crippen MR) is 122 cm³/mol. The number of aliphatic hydroxyl groups excluding tert-OH is 3. The number of nitrogens with one attached hydrogen (secondary N) is 1. The summed E-state index contributed by atoms with van der Waals surface area (Å²) in [7, 11) is 0. The van der Waals surface area contributed by atoms with Gasteiger partial charge in [0.2, 0.25) is 0 Å². The standard InChI is InChI=1S/C23H41NO4.ClH/c1-2-3-4-5-6-7-8-9-10-11-16-28-22-14-12-21(13-15-22)17-24-23(18-25,19-26)20-27;/h12-15,24-27H,2-11,16-20H2,1H3;1H. The number of benzene rings is 1. The van der Waals surface area contributed by atoms with Crippen LogP contribution in [0.5, 0.6) is 5.75 Å². The van der Waals surface area contributed by atoms with Gasteiger partial charge in [-0.1, -0.05) is 76.8 Å². The molecule has 29 heavy (non-hydrogen) atoms. The third-order valence-corrected chi connectivity index (χ3v) is 5.27. The molecule has 6 heteroatoms. The van der Waals surface area contributed by atoms with E-state index < -0.39 is 5.54 Å². The van der Waals surface area contributed by atoms with E-state index in [0.717, 1.165) is 24.3 Å². The van der Waals surface area contributed by atoms with Gasteiger partial charge in [-0.2, -0.15) is 0 Å². The molecule has 0 unspecified atom stereocenters. The summed E-state index contributed by atoms with van der Waals surface area (Å²) < 4.78 is 5.80. The zero-order valence-corrected chi connectivity index (χ0v) is 18.9. The molecular weight excluding hydrogens is 390 g/mol. The van der Waals surface area contributed by atoms with Crippen LogP contribution in [0.25, 0.3) is 0 Å². The van der Waals surface area contributed by atoms with Crippen LogP contribution >= 0.6 is 12.4 Å². The lowest BCUT2D eigenvalue weighted by Crippen LogP contribution is -2.54. The van der Waals surface area contributed by atoms with E-state index in [1.807, 2.05) is 24.3 Å². The van der Waals surface area contributed by atoms with Crippen molar-refractivity contribution in [1.29, 1.82) is 0 Å². The van der Waals surface area contributed by atoms with Crippen LogP contribution in [0.15, 0.2) is 24.3 Å². The van der Waals surface area contributed by atoms with Crippen molar-refractivity contribution in [3.63, 3.8) is 0 Å². The van der Waals surface area contributed by atoms with E-state index in [2.05, 4.69) is 12.2 Å². The van der Waals surface area contributed by atoms with Crippen molar-refractivity contribution in [1.82, 2.24) is 5.32 Å². The summed E-state index contributed by atoms with van der Waals surface area (Å²) in [6.07, 6.45) is 13.2. The fourth-order valence-corrected chi connectivity index (χ4v) is 3.09. The van der Waals surface area contributed by atoms with Crippen molar-refractivity contribution in [3.8, 4) is 5.75 Å². The molecule has 0 saturated heterocycles. The molecule has 0 spiro atoms. The van der Waals surface area contributed by atoms with Gasteiger partial charge in [-0.15, -0.1) is 12.4 Å². The van der Waals surface area contributed by atoms with Crippen molar-refractivity contribution in [2.24, 2.45) is 0 Å². The lowest BCUT2D eigenvalue weighted by Gasteiger charge is -2.28. The van der Waals surface area contributed by atoms with Crippen LogP contribution in [-0.2, 0) is 6.54 Å². The Hall–Kier alpha value is -0.850. The fraction of sp³-hybridized carbons (Fsp3) is 0.739. The molecule has 0 radical (unpaired) electrons. The van der Waals surface area contributed by atoms with E-state index in [9.17, 15) is 15.3 Å². The van der Waals surface area contributed by atoms with E-state index in [-0.39, 0.29) is 32.2 Å². The predicted octanol–water partition coefficient (Wildman–Crippen LogP) is 4.21. The SMILES string of the molecule is CCCCCCCCCCCCOc1ccc(CNC(CO)(CO)CO)cc1.Cl. The van der Waals surface area contributed by atoms with Gasteiger partial charge >= 0.3 is 0 Å². The molecule has 0 bridgehead atoms. The molecule has 0 fully saturated rings. The summed E-state index contributed by atoms with van der Waals surface area (Å²) in [5.41, 5.74) is -0.0453. The normalized spacial score (nSPS) is 11.3. The van der Waals surface area contributed by atoms with E-state index in [0.29, 0.717) is 6.54 Å². The second-order valence-corrected chi connectivity index (χ2v) is 7.78. The van der Waals surface area contributed by atoms with Crippen LogP contribution in [0.1, 0.15) is 76.7 Å². The van der Waals surface area contributed by atoms with Crippen LogP contribution in [0.2, 0.25) is 0 Å².